The maximum atomic E-state index is 12.5. The molecule has 0 radical (unpaired) electrons. The zero-order valence-electron chi connectivity index (χ0n) is 25.3. The van der Waals surface area contributed by atoms with Crippen molar-refractivity contribution >= 4 is 5.97 Å². The molecule has 220 valence electrons. The van der Waals surface area contributed by atoms with E-state index in [1.54, 1.807) is 0 Å². The molecule has 0 aromatic heterocycles. The molecule has 0 fully saturated rings. The predicted octanol–water partition coefficient (Wildman–Crippen LogP) is 10.9. The van der Waals surface area contributed by atoms with Crippen LogP contribution in [0.1, 0.15) is 165 Å². The summed E-state index contributed by atoms with van der Waals surface area (Å²) in [6, 6.07) is 5.60. The Morgan fingerprint density at radius 3 is 1.16 bits per heavy atom. The highest BCUT2D eigenvalue weighted by atomic mass is 16.5. The summed E-state index contributed by atoms with van der Waals surface area (Å²) in [7, 11) is 1.41. The lowest BCUT2D eigenvalue weighted by atomic mass is 10.1. The number of benzene rings is 1. The number of carbonyl (C=O) groups excluding carboxylic acids is 1. The number of esters is 1. The monoisotopic (exact) mass is 532 g/mol. The van der Waals surface area contributed by atoms with Crippen molar-refractivity contribution in [2.75, 3.05) is 20.3 Å². The summed E-state index contributed by atoms with van der Waals surface area (Å²) in [5.41, 5.74) is 0.418. The molecule has 1 aromatic rings. The van der Waals surface area contributed by atoms with E-state index in [1.165, 1.54) is 136 Å². The molecule has 38 heavy (non-hydrogen) atoms. The quantitative estimate of drug-likeness (QED) is 0.0834. The molecule has 0 saturated carbocycles. The Balaban J connectivity index is 2.23. The van der Waals surface area contributed by atoms with Crippen molar-refractivity contribution in [3.63, 3.8) is 0 Å². The summed E-state index contributed by atoms with van der Waals surface area (Å²) in [4.78, 5) is 12.5. The van der Waals surface area contributed by atoms with Crippen LogP contribution >= 0.6 is 0 Å². The second-order valence-corrected chi connectivity index (χ2v) is 10.9. The van der Waals surface area contributed by atoms with Crippen molar-refractivity contribution in [1.82, 2.24) is 0 Å². The number of methoxy groups -OCH3 is 1. The van der Waals surface area contributed by atoms with Crippen LogP contribution in [0, 0.1) is 0 Å². The van der Waals surface area contributed by atoms with E-state index in [9.17, 15) is 4.79 Å². The Bertz CT molecular complexity index is 626. The molecule has 4 heteroatoms. The molecular weight excluding hydrogens is 472 g/mol. The van der Waals surface area contributed by atoms with E-state index in [1.807, 2.05) is 18.2 Å². The first-order chi connectivity index (χ1) is 18.7. The molecule has 1 rings (SSSR count). The molecule has 0 unspecified atom stereocenters. The Hall–Kier alpha value is -1.71. The Kier molecular flexibility index (Phi) is 23.1. The molecule has 0 atom stereocenters. The molecule has 0 aliphatic heterocycles. The van der Waals surface area contributed by atoms with Crippen LogP contribution < -0.4 is 9.47 Å². The Morgan fingerprint density at radius 1 is 0.526 bits per heavy atom. The van der Waals surface area contributed by atoms with Crippen LogP contribution in [0.2, 0.25) is 0 Å². The smallest absolute Gasteiger partial charge is 0.345 e. The summed E-state index contributed by atoms with van der Waals surface area (Å²) < 4.78 is 17.1. The molecule has 4 nitrogen and oxygen atoms in total. The molecule has 0 amide bonds. The number of carbonyl (C=O) groups is 1. The van der Waals surface area contributed by atoms with Gasteiger partial charge in [-0.05, 0) is 25.0 Å². The van der Waals surface area contributed by atoms with E-state index in [-0.39, 0.29) is 0 Å². The van der Waals surface area contributed by atoms with Gasteiger partial charge in [0.2, 0.25) is 0 Å². The number of hydrogen-bond donors (Lipinski definition) is 0. The second-order valence-electron chi connectivity index (χ2n) is 10.9. The van der Waals surface area contributed by atoms with Gasteiger partial charge in [-0.3, -0.25) is 0 Å². The molecule has 0 saturated heterocycles. The van der Waals surface area contributed by atoms with Crippen LogP contribution in [-0.2, 0) is 4.74 Å². The fraction of sp³-hybridized carbons (Fsp3) is 0.794. The van der Waals surface area contributed by atoms with E-state index >= 15 is 0 Å². The van der Waals surface area contributed by atoms with Gasteiger partial charge in [-0.25, -0.2) is 4.79 Å². The lowest BCUT2D eigenvalue weighted by Gasteiger charge is -2.15. The van der Waals surface area contributed by atoms with Gasteiger partial charge >= 0.3 is 5.97 Å². The minimum absolute atomic E-state index is 0.395. The lowest BCUT2D eigenvalue weighted by molar-refractivity contribution is 0.0590. The van der Waals surface area contributed by atoms with Crippen LogP contribution in [0.15, 0.2) is 18.2 Å². The van der Waals surface area contributed by atoms with Crippen molar-refractivity contribution in [2.45, 2.75) is 155 Å². The fourth-order valence-electron chi connectivity index (χ4n) is 4.95. The highest BCUT2D eigenvalue weighted by molar-refractivity contribution is 5.95. The molecular formula is C34H60O4. The van der Waals surface area contributed by atoms with Crippen molar-refractivity contribution < 1.29 is 19.0 Å². The van der Waals surface area contributed by atoms with Gasteiger partial charge in [0.25, 0.3) is 0 Å². The highest BCUT2D eigenvalue weighted by Crippen LogP contribution is 2.30. The molecule has 0 aliphatic rings. The van der Waals surface area contributed by atoms with E-state index < -0.39 is 5.97 Å². The van der Waals surface area contributed by atoms with Gasteiger partial charge in [0.05, 0.1) is 20.3 Å². The van der Waals surface area contributed by atoms with E-state index in [0.717, 1.165) is 12.8 Å². The van der Waals surface area contributed by atoms with Crippen LogP contribution in [0.3, 0.4) is 0 Å². The predicted molar refractivity (Wildman–Crippen MR) is 162 cm³/mol. The SMILES string of the molecule is CCCCCCCCCCCCCOc1cccc(OCCCCCCCCCCCCC)c1C(=O)OC. The minimum Gasteiger partial charge on any atom is -0.493 e. The summed E-state index contributed by atoms with van der Waals surface area (Å²) in [5.74, 6) is 0.745. The van der Waals surface area contributed by atoms with Gasteiger partial charge in [-0.15, -0.1) is 0 Å². The average Bonchev–Trinajstić information content (AvgIpc) is 2.93. The average molecular weight is 533 g/mol. The zero-order chi connectivity index (χ0) is 27.5. The molecule has 1 aromatic carbocycles. The third kappa shape index (κ3) is 17.7. The van der Waals surface area contributed by atoms with Crippen LogP contribution in [0.5, 0.6) is 11.5 Å². The Morgan fingerprint density at radius 2 is 0.842 bits per heavy atom. The molecule has 0 aliphatic carbocycles. The van der Waals surface area contributed by atoms with Gasteiger partial charge < -0.3 is 14.2 Å². The van der Waals surface area contributed by atoms with Crippen molar-refractivity contribution in [2.24, 2.45) is 0 Å². The molecule has 0 N–H and O–H groups in total. The van der Waals surface area contributed by atoms with E-state index in [0.29, 0.717) is 30.3 Å². The van der Waals surface area contributed by atoms with Gasteiger partial charge in [0, 0.05) is 0 Å². The van der Waals surface area contributed by atoms with Gasteiger partial charge in [-0.2, -0.15) is 0 Å². The van der Waals surface area contributed by atoms with Crippen LogP contribution in [0.4, 0.5) is 0 Å². The first-order valence-corrected chi connectivity index (χ1v) is 16.2. The summed E-state index contributed by atoms with van der Waals surface area (Å²) in [6.07, 6.45) is 28.6. The largest absolute Gasteiger partial charge is 0.493 e. The first kappa shape index (κ1) is 34.3. The van der Waals surface area contributed by atoms with Crippen LogP contribution in [-0.4, -0.2) is 26.3 Å². The number of ether oxygens (including phenoxy) is 3. The first-order valence-electron chi connectivity index (χ1n) is 16.2. The van der Waals surface area contributed by atoms with E-state index in [2.05, 4.69) is 13.8 Å². The topological polar surface area (TPSA) is 44.8 Å². The van der Waals surface area contributed by atoms with Crippen molar-refractivity contribution in [1.29, 1.82) is 0 Å². The zero-order valence-corrected chi connectivity index (χ0v) is 25.3. The van der Waals surface area contributed by atoms with Gasteiger partial charge in [0.1, 0.15) is 17.1 Å². The minimum atomic E-state index is -0.395. The second kappa shape index (κ2) is 25.6. The molecule has 0 spiro atoms. The standard InChI is InChI=1S/C34H60O4/c1-4-6-8-10-12-14-16-18-20-22-24-29-37-31-27-26-28-32(33(31)34(35)36-3)38-30-25-23-21-19-17-15-13-11-9-7-5-2/h26-28H,4-25,29-30H2,1-3H3. The summed E-state index contributed by atoms with van der Waals surface area (Å²) >= 11 is 0. The van der Waals surface area contributed by atoms with Gasteiger partial charge in [0.15, 0.2) is 0 Å². The lowest BCUT2D eigenvalue weighted by Crippen LogP contribution is -2.10. The fourth-order valence-corrected chi connectivity index (χ4v) is 4.95. The number of unbranched alkanes of at least 4 members (excludes halogenated alkanes) is 20. The maximum absolute atomic E-state index is 12.5. The maximum Gasteiger partial charge on any atom is 0.345 e. The van der Waals surface area contributed by atoms with Crippen molar-refractivity contribution in [3.8, 4) is 11.5 Å². The Labute approximate surface area is 235 Å². The third-order valence-corrected chi connectivity index (χ3v) is 7.39. The summed E-state index contributed by atoms with van der Waals surface area (Å²) in [6.45, 7) is 5.77. The van der Waals surface area contributed by atoms with E-state index in [4.69, 9.17) is 14.2 Å². The van der Waals surface area contributed by atoms with Crippen molar-refractivity contribution in [3.05, 3.63) is 23.8 Å². The van der Waals surface area contributed by atoms with Crippen LogP contribution in [0.25, 0.3) is 0 Å². The normalized spacial score (nSPS) is 11.0. The molecule has 0 bridgehead atoms. The number of rotatable bonds is 27. The molecule has 0 heterocycles. The van der Waals surface area contributed by atoms with Gasteiger partial charge in [-0.1, -0.05) is 148 Å². The number of hydrogen-bond acceptors (Lipinski definition) is 4. The summed E-state index contributed by atoms with van der Waals surface area (Å²) in [5, 5.41) is 0. The third-order valence-electron chi connectivity index (χ3n) is 7.39. The highest BCUT2D eigenvalue weighted by Gasteiger charge is 2.19.